The van der Waals surface area contributed by atoms with Crippen molar-refractivity contribution in [2.75, 3.05) is 4.90 Å². The van der Waals surface area contributed by atoms with E-state index in [0.717, 1.165) is 27.5 Å². The van der Waals surface area contributed by atoms with Crippen LogP contribution in [0.15, 0.2) is 97.1 Å². The number of anilines is 3. The van der Waals surface area contributed by atoms with E-state index in [1.165, 1.54) is 14.8 Å². The molecule has 0 spiro atoms. The average Bonchev–Trinajstić information content (AvgIpc) is 3.09. The van der Waals surface area contributed by atoms with Crippen LogP contribution in [0.1, 0.15) is 0 Å². The Hall–Kier alpha value is -2.81. The predicted octanol–water partition coefficient (Wildman–Crippen LogP) is 8.18. The van der Waals surface area contributed by atoms with Crippen LogP contribution < -0.4 is 4.90 Å². The zero-order chi connectivity index (χ0) is 18.2. The number of thiophene rings is 1. The van der Waals surface area contributed by atoms with Crippen LogP contribution >= 0.6 is 22.9 Å². The van der Waals surface area contributed by atoms with Crippen LogP contribution in [0.5, 0.6) is 0 Å². The average molecular weight is 386 g/mol. The van der Waals surface area contributed by atoms with Gasteiger partial charge in [-0.15, -0.1) is 11.3 Å². The van der Waals surface area contributed by atoms with Gasteiger partial charge in [0, 0.05) is 42.3 Å². The monoisotopic (exact) mass is 385 g/mol. The zero-order valence-electron chi connectivity index (χ0n) is 14.5. The number of fused-ring (bicyclic) bond motifs is 3. The van der Waals surface area contributed by atoms with Crippen molar-refractivity contribution in [1.29, 1.82) is 0 Å². The maximum Gasteiger partial charge on any atom is 0.0499 e. The highest BCUT2D eigenvalue weighted by atomic mass is 35.5. The fourth-order valence-corrected chi connectivity index (χ4v) is 5.01. The molecule has 0 bridgehead atoms. The first-order valence-electron chi connectivity index (χ1n) is 8.82. The summed E-state index contributed by atoms with van der Waals surface area (Å²) in [6.45, 7) is 0. The fourth-order valence-electron chi connectivity index (χ4n) is 3.51. The van der Waals surface area contributed by atoms with Gasteiger partial charge < -0.3 is 4.90 Å². The first kappa shape index (κ1) is 16.4. The van der Waals surface area contributed by atoms with Crippen molar-refractivity contribution in [2.24, 2.45) is 0 Å². The van der Waals surface area contributed by atoms with E-state index in [4.69, 9.17) is 11.6 Å². The molecule has 0 fully saturated rings. The van der Waals surface area contributed by atoms with Crippen molar-refractivity contribution < 1.29 is 0 Å². The SMILES string of the molecule is Clc1cccc2sc3cc(N(c4ccccc4)c4ccccc4)ccc3c12. The Labute approximate surface area is 167 Å². The minimum Gasteiger partial charge on any atom is -0.310 e. The summed E-state index contributed by atoms with van der Waals surface area (Å²) in [5, 5.41) is 3.18. The molecule has 130 valence electrons. The standard InChI is InChI=1S/C24H16ClNS/c25-21-12-7-13-22-24(21)20-15-14-19(16-23(20)27-22)26(17-8-3-1-4-9-17)18-10-5-2-6-11-18/h1-16H. The van der Waals surface area contributed by atoms with Crippen LogP contribution in [0.2, 0.25) is 5.02 Å². The molecule has 4 aromatic carbocycles. The second-order valence-electron chi connectivity index (χ2n) is 6.40. The van der Waals surface area contributed by atoms with Crippen LogP contribution in [0.25, 0.3) is 20.2 Å². The minimum atomic E-state index is 0.814. The number of halogens is 1. The largest absolute Gasteiger partial charge is 0.310 e. The van der Waals surface area contributed by atoms with Crippen LogP contribution in [0.4, 0.5) is 17.1 Å². The first-order valence-corrected chi connectivity index (χ1v) is 10.0. The highest BCUT2D eigenvalue weighted by Crippen LogP contribution is 2.42. The topological polar surface area (TPSA) is 3.24 Å². The number of hydrogen-bond acceptors (Lipinski definition) is 2. The Morgan fingerprint density at radius 3 is 1.93 bits per heavy atom. The van der Waals surface area contributed by atoms with E-state index in [1.54, 1.807) is 11.3 Å². The number of benzene rings is 4. The van der Waals surface area contributed by atoms with Crippen LogP contribution in [0, 0.1) is 0 Å². The third-order valence-corrected chi connectivity index (χ3v) is 6.15. The van der Waals surface area contributed by atoms with Gasteiger partial charge >= 0.3 is 0 Å². The third kappa shape index (κ3) is 2.87. The molecule has 0 amide bonds. The molecule has 3 heteroatoms. The number of rotatable bonds is 3. The van der Waals surface area contributed by atoms with Gasteiger partial charge in [-0.3, -0.25) is 0 Å². The predicted molar refractivity (Wildman–Crippen MR) is 119 cm³/mol. The van der Waals surface area contributed by atoms with Crippen LogP contribution in [-0.4, -0.2) is 0 Å². The van der Waals surface area contributed by atoms with Gasteiger partial charge in [-0.05, 0) is 48.5 Å². The molecule has 1 aromatic heterocycles. The first-order chi connectivity index (χ1) is 13.3. The van der Waals surface area contributed by atoms with E-state index < -0.39 is 0 Å². The van der Waals surface area contributed by atoms with Gasteiger partial charge in [-0.2, -0.15) is 0 Å². The molecule has 0 aliphatic heterocycles. The normalized spacial score (nSPS) is 11.1. The lowest BCUT2D eigenvalue weighted by Crippen LogP contribution is -2.09. The molecule has 0 saturated heterocycles. The molecular weight excluding hydrogens is 370 g/mol. The van der Waals surface area contributed by atoms with Gasteiger partial charge in [0.1, 0.15) is 0 Å². The minimum absolute atomic E-state index is 0.814. The summed E-state index contributed by atoms with van der Waals surface area (Å²) in [5.41, 5.74) is 3.42. The molecule has 0 N–H and O–H groups in total. The summed E-state index contributed by atoms with van der Waals surface area (Å²) >= 11 is 8.25. The maximum absolute atomic E-state index is 6.47. The van der Waals surface area contributed by atoms with Gasteiger partial charge in [-0.25, -0.2) is 0 Å². The van der Waals surface area contributed by atoms with Gasteiger partial charge in [0.25, 0.3) is 0 Å². The van der Waals surface area contributed by atoms with Gasteiger partial charge in [0.2, 0.25) is 0 Å². The Balaban J connectivity index is 1.73. The van der Waals surface area contributed by atoms with Gasteiger partial charge in [0.05, 0.1) is 0 Å². The lowest BCUT2D eigenvalue weighted by molar-refractivity contribution is 1.29. The molecule has 0 aliphatic carbocycles. The molecule has 0 atom stereocenters. The third-order valence-electron chi connectivity index (χ3n) is 4.72. The second-order valence-corrected chi connectivity index (χ2v) is 7.89. The second kappa shape index (κ2) is 6.73. The number of nitrogens with zero attached hydrogens (tertiary/aromatic N) is 1. The summed E-state index contributed by atoms with van der Waals surface area (Å²) in [5.74, 6) is 0. The van der Waals surface area contributed by atoms with E-state index in [0.29, 0.717) is 0 Å². The van der Waals surface area contributed by atoms with Crippen molar-refractivity contribution in [2.45, 2.75) is 0 Å². The summed E-state index contributed by atoms with van der Waals surface area (Å²) in [6, 6.07) is 33.7. The van der Waals surface area contributed by atoms with E-state index in [2.05, 4.69) is 77.7 Å². The molecule has 0 unspecified atom stereocenters. The summed E-state index contributed by atoms with van der Waals surface area (Å²) in [4.78, 5) is 2.28. The van der Waals surface area contributed by atoms with Crippen molar-refractivity contribution >= 4 is 60.2 Å². The lowest BCUT2D eigenvalue weighted by atomic mass is 10.1. The van der Waals surface area contributed by atoms with E-state index >= 15 is 0 Å². The van der Waals surface area contributed by atoms with E-state index in [1.807, 2.05) is 24.3 Å². The molecule has 0 saturated carbocycles. The molecule has 1 heterocycles. The van der Waals surface area contributed by atoms with Crippen LogP contribution in [-0.2, 0) is 0 Å². The van der Waals surface area contributed by atoms with Crippen molar-refractivity contribution in [1.82, 2.24) is 0 Å². The molecule has 0 radical (unpaired) electrons. The van der Waals surface area contributed by atoms with E-state index in [-0.39, 0.29) is 0 Å². The number of para-hydroxylation sites is 2. The van der Waals surface area contributed by atoms with Crippen molar-refractivity contribution in [3.63, 3.8) is 0 Å². The Bertz CT molecular complexity index is 1190. The fraction of sp³-hybridized carbons (Fsp3) is 0. The quantitative estimate of drug-likeness (QED) is 0.302. The van der Waals surface area contributed by atoms with E-state index in [9.17, 15) is 0 Å². The Morgan fingerprint density at radius 1 is 0.593 bits per heavy atom. The summed E-state index contributed by atoms with van der Waals surface area (Å²) in [7, 11) is 0. The molecule has 5 aromatic rings. The maximum atomic E-state index is 6.47. The molecule has 5 rings (SSSR count). The zero-order valence-corrected chi connectivity index (χ0v) is 16.0. The highest BCUT2D eigenvalue weighted by Gasteiger charge is 2.14. The lowest BCUT2D eigenvalue weighted by Gasteiger charge is -2.25. The van der Waals surface area contributed by atoms with Gasteiger partial charge in [-0.1, -0.05) is 60.1 Å². The summed E-state index contributed by atoms with van der Waals surface area (Å²) < 4.78 is 2.47. The Kier molecular flexibility index (Phi) is 4.08. The molecule has 27 heavy (non-hydrogen) atoms. The van der Waals surface area contributed by atoms with Crippen molar-refractivity contribution in [3.8, 4) is 0 Å². The van der Waals surface area contributed by atoms with Crippen LogP contribution in [0.3, 0.4) is 0 Å². The Morgan fingerprint density at radius 2 is 1.26 bits per heavy atom. The van der Waals surface area contributed by atoms with Gasteiger partial charge in [0.15, 0.2) is 0 Å². The molecular formula is C24H16ClNS. The molecule has 1 nitrogen and oxygen atoms in total. The van der Waals surface area contributed by atoms with Crippen molar-refractivity contribution in [3.05, 3.63) is 102 Å². The smallest absolute Gasteiger partial charge is 0.0499 e. The molecule has 0 aliphatic rings. The highest BCUT2D eigenvalue weighted by molar-refractivity contribution is 7.26. The number of hydrogen-bond donors (Lipinski definition) is 0. The summed E-state index contributed by atoms with van der Waals surface area (Å²) in [6.07, 6.45) is 0.